The van der Waals surface area contributed by atoms with E-state index in [4.69, 9.17) is 5.73 Å². The molecule has 2 atom stereocenters. The molecule has 5 nitrogen and oxygen atoms in total. The van der Waals surface area contributed by atoms with Gasteiger partial charge in [-0.1, -0.05) is 6.07 Å². The third-order valence-corrected chi connectivity index (χ3v) is 4.14. The number of amides is 1. The summed E-state index contributed by atoms with van der Waals surface area (Å²) in [5, 5.41) is 0. The second-order valence-electron chi connectivity index (χ2n) is 6.02. The molecule has 0 aliphatic carbocycles. The first-order chi connectivity index (χ1) is 9.86. The fraction of sp³-hybridized carbons (Fsp3) is 0.562. The van der Waals surface area contributed by atoms with Gasteiger partial charge < -0.3 is 20.4 Å². The molecule has 0 saturated carbocycles. The van der Waals surface area contributed by atoms with Gasteiger partial charge in [-0.2, -0.15) is 0 Å². The third kappa shape index (κ3) is 2.89. The summed E-state index contributed by atoms with van der Waals surface area (Å²) >= 11 is 0. The molecule has 0 fully saturated rings. The average molecular weight is 290 g/mol. The number of nitrogens with zero attached hydrogens (tertiary/aromatic N) is 3. The van der Waals surface area contributed by atoms with E-state index in [9.17, 15) is 4.79 Å². The lowest BCUT2D eigenvalue weighted by Gasteiger charge is -2.32. The van der Waals surface area contributed by atoms with Gasteiger partial charge in [-0.05, 0) is 40.1 Å². The minimum Gasteiger partial charge on any atom is -0.368 e. The summed E-state index contributed by atoms with van der Waals surface area (Å²) in [6, 6.07) is 6.02. The van der Waals surface area contributed by atoms with Crippen molar-refractivity contribution in [2.45, 2.75) is 25.9 Å². The van der Waals surface area contributed by atoms with Crippen LogP contribution in [0.25, 0.3) is 0 Å². The van der Waals surface area contributed by atoms with E-state index in [2.05, 4.69) is 49.9 Å². The molecular formula is C16H26N4O. The Balaban J connectivity index is 2.31. The van der Waals surface area contributed by atoms with E-state index in [1.807, 2.05) is 6.07 Å². The molecule has 1 aromatic rings. The fourth-order valence-electron chi connectivity index (χ4n) is 3.10. The first-order valence-corrected chi connectivity index (χ1v) is 7.45. The molecule has 1 aromatic carbocycles. The number of carbonyl (C=O) groups excluding carboxylic acids is 1. The largest absolute Gasteiger partial charge is 0.368 e. The summed E-state index contributed by atoms with van der Waals surface area (Å²) in [4.78, 5) is 18.2. The third-order valence-electron chi connectivity index (χ3n) is 4.14. The van der Waals surface area contributed by atoms with Gasteiger partial charge in [-0.3, -0.25) is 4.79 Å². The Hall–Kier alpha value is -1.59. The van der Waals surface area contributed by atoms with Crippen LogP contribution in [-0.2, 0) is 4.79 Å². The van der Waals surface area contributed by atoms with Crippen molar-refractivity contribution < 1.29 is 4.79 Å². The number of hydrogen-bond acceptors (Lipinski definition) is 4. The van der Waals surface area contributed by atoms with Crippen molar-refractivity contribution in [2.75, 3.05) is 44.0 Å². The van der Waals surface area contributed by atoms with Crippen molar-refractivity contribution in [1.82, 2.24) is 4.90 Å². The zero-order valence-corrected chi connectivity index (χ0v) is 13.6. The lowest BCUT2D eigenvalue weighted by Crippen LogP contribution is -2.40. The van der Waals surface area contributed by atoms with Crippen LogP contribution in [0.4, 0.5) is 11.4 Å². The number of benzene rings is 1. The molecule has 0 saturated heterocycles. The highest BCUT2D eigenvalue weighted by atomic mass is 16.2. The molecule has 2 N–H and O–H groups in total. The first-order valence-electron chi connectivity index (χ1n) is 7.45. The highest BCUT2D eigenvalue weighted by molar-refractivity contribution is 6.04. The monoisotopic (exact) mass is 290 g/mol. The van der Waals surface area contributed by atoms with Crippen LogP contribution in [0.5, 0.6) is 0 Å². The number of nitrogens with two attached hydrogens (primary N) is 1. The number of rotatable bonds is 5. The first kappa shape index (κ1) is 15.8. The Morgan fingerprint density at radius 1 is 1.38 bits per heavy atom. The maximum Gasteiger partial charge on any atom is 0.248 e. The number of fused-ring (bicyclic) bond motifs is 1. The van der Waals surface area contributed by atoms with Crippen LogP contribution in [-0.4, -0.2) is 51.1 Å². The van der Waals surface area contributed by atoms with Crippen molar-refractivity contribution in [1.29, 1.82) is 0 Å². The van der Waals surface area contributed by atoms with Gasteiger partial charge in [-0.15, -0.1) is 0 Å². The van der Waals surface area contributed by atoms with E-state index in [1.54, 1.807) is 11.9 Å². The zero-order valence-electron chi connectivity index (χ0n) is 13.6. The van der Waals surface area contributed by atoms with E-state index >= 15 is 0 Å². The lowest BCUT2D eigenvalue weighted by molar-refractivity contribution is -0.118. The molecule has 0 spiro atoms. The summed E-state index contributed by atoms with van der Waals surface area (Å²) in [5.74, 6) is -0.0356. The van der Waals surface area contributed by atoms with E-state index in [-0.39, 0.29) is 5.91 Å². The summed E-state index contributed by atoms with van der Waals surface area (Å²) < 4.78 is 0. The van der Waals surface area contributed by atoms with Gasteiger partial charge >= 0.3 is 0 Å². The molecular weight excluding hydrogens is 264 g/mol. The SMILES string of the molecule is CCN(c1ccc2c(c1)N(C)C(=O)C2N)C(C)CN(C)C. The average Bonchev–Trinajstić information content (AvgIpc) is 2.64. The van der Waals surface area contributed by atoms with Gasteiger partial charge in [0.05, 0.1) is 5.69 Å². The number of hydrogen-bond donors (Lipinski definition) is 1. The fourth-order valence-corrected chi connectivity index (χ4v) is 3.10. The quantitative estimate of drug-likeness (QED) is 0.891. The van der Waals surface area contributed by atoms with Crippen LogP contribution in [0.2, 0.25) is 0 Å². The molecule has 2 unspecified atom stereocenters. The normalized spacial score (nSPS) is 19.1. The summed E-state index contributed by atoms with van der Waals surface area (Å²) in [7, 11) is 5.95. The molecule has 21 heavy (non-hydrogen) atoms. The molecule has 5 heteroatoms. The van der Waals surface area contributed by atoms with Gasteiger partial charge in [-0.25, -0.2) is 0 Å². The predicted molar refractivity (Wildman–Crippen MR) is 87.8 cm³/mol. The van der Waals surface area contributed by atoms with Gasteiger partial charge in [0.25, 0.3) is 0 Å². The Morgan fingerprint density at radius 2 is 2.05 bits per heavy atom. The molecule has 116 valence electrons. The summed E-state index contributed by atoms with van der Waals surface area (Å²) in [5.41, 5.74) is 8.94. The lowest BCUT2D eigenvalue weighted by atomic mass is 10.1. The number of carbonyl (C=O) groups is 1. The maximum absolute atomic E-state index is 12.0. The second-order valence-corrected chi connectivity index (χ2v) is 6.02. The van der Waals surface area contributed by atoms with Crippen molar-refractivity contribution in [3.63, 3.8) is 0 Å². The Kier molecular flexibility index (Phi) is 4.54. The highest BCUT2D eigenvalue weighted by Gasteiger charge is 2.32. The highest BCUT2D eigenvalue weighted by Crippen LogP contribution is 2.36. The van der Waals surface area contributed by atoms with Crippen molar-refractivity contribution in [2.24, 2.45) is 5.73 Å². The molecule has 2 rings (SSSR count). The Labute approximate surface area is 127 Å². The van der Waals surface area contributed by atoms with Crippen LogP contribution in [0.3, 0.4) is 0 Å². The Bertz CT molecular complexity index is 529. The molecule has 0 radical (unpaired) electrons. The zero-order chi connectivity index (χ0) is 15.7. The smallest absolute Gasteiger partial charge is 0.248 e. The molecule has 0 aromatic heterocycles. The second kappa shape index (κ2) is 6.03. The van der Waals surface area contributed by atoms with Crippen LogP contribution >= 0.6 is 0 Å². The van der Waals surface area contributed by atoms with E-state index in [0.29, 0.717) is 6.04 Å². The predicted octanol–water partition coefficient (Wildman–Crippen LogP) is 1.44. The number of likely N-dealkylation sites (N-methyl/N-ethyl adjacent to an activating group) is 3. The number of anilines is 2. The maximum atomic E-state index is 12.0. The van der Waals surface area contributed by atoms with Crippen molar-refractivity contribution in [3.05, 3.63) is 23.8 Å². The van der Waals surface area contributed by atoms with Gasteiger partial charge in [0.15, 0.2) is 0 Å². The minimum absolute atomic E-state index is 0.0356. The van der Waals surface area contributed by atoms with Crippen molar-refractivity contribution in [3.8, 4) is 0 Å². The van der Waals surface area contributed by atoms with Crippen LogP contribution in [0.1, 0.15) is 25.5 Å². The topological polar surface area (TPSA) is 52.8 Å². The van der Waals surface area contributed by atoms with E-state index < -0.39 is 6.04 Å². The molecule has 1 aliphatic heterocycles. The van der Waals surface area contributed by atoms with E-state index in [0.717, 1.165) is 30.0 Å². The van der Waals surface area contributed by atoms with Gasteiger partial charge in [0, 0.05) is 37.4 Å². The molecule has 1 amide bonds. The van der Waals surface area contributed by atoms with Crippen molar-refractivity contribution >= 4 is 17.3 Å². The minimum atomic E-state index is -0.520. The van der Waals surface area contributed by atoms with Crippen LogP contribution in [0, 0.1) is 0 Å². The van der Waals surface area contributed by atoms with Crippen LogP contribution in [0.15, 0.2) is 18.2 Å². The summed E-state index contributed by atoms with van der Waals surface area (Å²) in [6.45, 7) is 6.29. The molecule has 0 bridgehead atoms. The van der Waals surface area contributed by atoms with Gasteiger partial charge in [0.1, 0.15) is 6.04 Å². The molecule has 1 heterocycles. The van der Waals surface area contributed by atoms with E-state index in [1.165, 1.54) is 0 Å². The Morgan fingerprint density at radius 3 is 2.62 bits per heavy atom. The van der Waals surface area contributed by atoms with Crippen LogP contribution < -0.4 is 15.5 Å². The standard InChI is InChI=1S/C16H26N4O/c1-6-20(11(2)10-18(3)4)12-7-8-13-14(9-12)19(5)16(21)15(13)17/h7-9,11,15H,6,10,17H2,1-5H3. The van der Waals surface area contributed by atoms with Gasteiger partial charge in [0.2, 0.25) is 5.91 Å². The summed E-state index contributed by atoms with van der Waals surface area (Å²) in [6.07, 6.45) is 0. The molecule has 1 aliphatic rings.